The van der Waals surface area contributed by atoms with Crippen LogP contribution in [0.2, 0.25) is 0 Å². The SMILES string of the molecule is COCCOc1nc(C(F)(F)F)ccc1/C=C\C(=O)NCc1cc(F)c(NS(C)(=O)=O)c(C#N)c1. The van der Waals surface area contributed by atoms with Gasteiger partial charge in [0.2, 0.25) is 21.8 Å². The summed E-state index contributed by atoms with van der Waals surface area (Å²) in [5, 5.41) is 11.6. The van der Waals surface area contributed by atoms with Crippen LogP contribution in [-0.4, -0.2) is 45.9 Å². The molecule has 9 nitrogen and oxygen atoms in total. The third-order valence-electron chi connectivity index (χ3n) is 4.15. The Morgan fingerprint density at radius 3 is 2.57 bits per heavy atom. The number of methoxy groups -OCH3 is 1. The molecule has 0 radical (unpaired) electrons. The Morgan fingerprint density at radius 2 is 1.97 bits per heavy atom. The van der Waals surface area contributed by atoms with Crippen molar-refractivity contribution < 1.29 is 40.2 Å². The Bertz CT molecular complexity index is 1260. The van der Waals surface area contributed by atoms with Gasteiger partial charge in [0, 0.05) is 25.3 Å². The minimum atomic E-state index is -4.69. The Labute approximate surface area is 198 Å². The fourth-order valence-electron chi connectivity index (χ4n) is 2.63. The number of sulfonamides is 1. The normalized spacial score (nSPS) is 11.8. The first-order valence-corrected chi connectivity index (χ1v) is 11.6. The Balaban J connectivity index is 2.15. The van der Waals surface area contributed by atoms with Crippen LogP contribution in [0.4, 0.5) is 23.2 Å². The van der Waals surface area contributed by atoms with Crippen molar-refractivity contribution in [2.45, 2.75) is 12.7 Å². The molecule has 0 aliphatic carbocycles. The number of aromatic nitrogens is 1. The molecule has 0 spiro atoms. The van der Waals surface area contributed by atoms with Crippen molar-refractivity contribution in [3.05, 3.63) is 58.5 Å². The number of anilines is 1. The molecule has 0 atom stereocenters. The number of rotatable bonds is 10. The lowest BCUT2D eigenvalue weighted by atomic mass is 10.1. The van der Waals surface area contributed by atoms with Crippen molar-refractivity contribution in [1.82, 2.24) is 10.3 Å². The number of amides is 1. The van der Waals surface area contributed by atoms with Gasteiger partial charge in [-0.2, -0.15) is 18.4 Å². The van der Waals surface area contributed by atoms with E-state index < -0.39 is 39.3 Å². The van der Waals surface area contributed by atoms with Crippen molar-refractivity contribution >= 4 is 27.7 Å². The molecule has 1 aromatic carbocycles. The smallest absolute Gasteiger partial charge is 0.433 e. The zero-order valence-electron chi connectivity index (χ0n) is 18.4. The summed E-state index contributed by atoms with van der Waals surface area (Å²) in [4.78, 5) is 15.6. The van der Waals surface area contributed by atoms with E-state index in [2.05, 4.69) is 10.3 Å². The molecule has 0 fully saturated rings. The highest BCUT2D eigenvalue weighted by molar-refractivity contribution is 7.92. The second kappa shape index (κ2) is 11.6. The lowest BCUT2D eigenvalue weighted by molar-refractivity contribution is -0.141. The summed E-state index contributed by atoms with van der Waals surface area (Å²) >= 11 is 0. The molecule has 14 heteroatoms. The molecule has 1 aromatic heterocycles. The van der Waals surface area contributed by atoms with Gasteiger partial charge < -0.3 is 14.8 Å². The first-order chi connectivity index (χ1) is 16.3. The minimum Gasteiger partial charge on any atom is -0.475 e. The molecule has 0 bridgehead atoms. The van der Waals surface area contributed by atoms with Crippen LogP contribution in [0, 0.1) is 17.1 Å². The molecule has 1 amide bonds. The number of nitriles is 1. The average molecular weight is 516 g/mol. The predicted octanol–water partition coefficient (Wildman–Crippen LogP) is 2.84. The van der Waals surface area contributed by atoms with E-state index in [1.165, 1.54) is 19.3 Å². The van der Waals surface area contributed by atoms with Crippen LogP contribution in [0.15, 0.2) is 30.3 Å². The van der Waals surface area contributed by atoms with Crippen LogP contribution < -0.4 is 14.8 Å². The van der Waals surface area contributed by atoms with Gasteiger partial charge in [0.25, 0.3) is 0 Å². The van der Waals surface area contributed by atoms with Gasteiger partial charge in [0.05, 0.1) is 18.4 Å². The molecule has 0 saturated carbocycles. The standard InChI is InChI=1S/C21H20F4N4O5S/c1-33-7-8-34-20-14(3-5-17(28-20)21(23,24)25)4-6-18(30)27-12-13-9-15(11-26)19(16(22)10-13)29-35(2,31)32/h3-6,9-10,29H,7-8,12H2,1-2H3,(H,27,30)/b6-4-. The van der Waals surface area contributed by atoms with Crippen molar-refractivity contribution in [2.75, 3.05) is 31.3 Å². The maximum absolute atomic E-state index is 14.3. The molecule has 2 N–H and O–H groups in total. The molecule has 0 aliphatic rings. The zero-order valence-corrected chi connectivity index (χ0v) is 19.3. The second-order valence-corrected chi connectivity index (χ2v) is 8.72. The van der Waals surface area contributed by atoms with Gasteiger partial charge in [-0.25, -0.2) is 17.8 Å². The van der Waals surface area contributed by atoms with E-state index in [4.69, 9.17) is 9.47 Å². The van der Waals surface area contributed by atoms with Gasteiger partial charge in [0.1, 0.15) is 29.9 Å². The summed E-state index contributed by atoms with van der Waals surface area (Å²) in [5.41, 5.74) is -1.71. The van der Waals surface area contributed by atoms with Crippen LogP contribution >= 0.6 is 0 Å². The average Bonchev–Trinajstić information content (AvgIpc) is 2.76. The number of alkyl halides is 3. The topological polar surface area (TPSA) is 130 Å². The van der Waals surface area contributed by atoms with E-state index in [1.807, 2.05) is 4.72 Å². The lowest BCUT2D eigenvalue weighted by Crippen LogP contribution is -2.21. The van der Waals surface area contributed by atoms with Crippen molar-refractivity contribution in [2.24, 2.45) is 0 Å². The molecule has 188 valence electrons. The van der Waals surface area contributed by atoms with Crippen molar-refractivity contribution in [1.29, 1.82) is 5.26 Å². The highest BCUT2D eigenvalue weighted by Gasteiger charge is 2.33. The van der Waals surface area contributed by atoms with Gasteiger partial charge in [-0.1, -0.05) is 0 Å². The number of carbonyl (C=O) groups is 1. The summed E-state index contributed by atoms with van der Waals surface area (Å²) in [6.45, 7) is -0.202. The molecule has 0 aliphatic heterocycles. The molecule has 0 saturated heterocycles. The quantitative estimate of drug-likeness (QED) is 0.282. The fourth-order valence-corrected chi connectivity index (χ4v) is 3.21. The van der Waals surface area contributed by atoms with Gasteiger partial charge in [-0.15, -0.1) is 0 Å². The van der Waals surface area contributed by atoms with Crippen LogP contribution in [0.25, 0.3) is 6.08 Å². The summed E-state index contributed by atoms with van der Waals surface area (Å²) < 4.78 is 87.8. The molecule has 2 rings (SSSR count). The third-order valence-corrected chi connectivity index (χ3v) is 4.72. The minimum absolute atomic E-state index is 0.0746. The first-order valence-electron chi connectivity index (χ1n) is 9.70. The number of halogens is 4. The molecular weight excluding hydrogens is 496 g/mol. The number of ether oxygens (including phenoxy) is 2. The van der Waals surface area contributed by atoms with Crippen molar-refractivity contribution in [3.8, 4) is 11.9 Å². The molecule has 1 heterocycles. The number of pyridine rings is 1. The fraction of sp³-hybridized carbons (Fsp3) is 0.286. The number of carbonyl (C=O) groups excluding carboxylic acids is 1. The van der Waals surface area contributed by atoms with Crippen LogP contribution in [0.3, 0.4) is 0 Å². The summed E-state index contributed by atoms with van der Waals surface area (Å²) in [7, 11) is -2.45. The molecule has 35 heavy (non-hydrogen) atoms. The molecule has 0 unspecified atom stereocenters. The number of hydrogen-bond acceptors (Lipinski definition) is 7. The molecule has 2 aromatic rings. The van der Waals surface area contributed by atoms with E-state index in [9.17, 15) is 36.0 Å². The van der Waals surface area contributed by atoms with Crippen LogP contribution in [0.5, 0.6) is 5.88 Å². The van der Waals surface area contributed by atoms with Gasteiger partial charge in [-0.05, 0) is 35.9 Å². The number of nitrogens with one attached hydrogen (secondary N) is 2. The monoisotopic (exact) mass is 516 g/mol. The van der Waals surface area contributed by atoms with E-state index in [-0.39, 0.29) is 42.3 Å². The van der Waals surface area contributed by atoms with E-state index in [1.54, 1.807) is 6.07 Å². The van der Waals surface area contributed by atoms with Crippen LogP contribution in [-0.2, 0) is 32.3 Å². The number of nitrogens with zero attached hydrogens (tertiary/aromatic N) is 2. The Morgan fingerprint density at radius 1 is 1.26 bits per heavy atom. The van der Waals surface area contributed by atoms with E-state index in [0.717, 1.165) is 30.5 Å². The largest absolute Gasteiger partial charge is 0.475 e. The van der Waals surface area contributed by atoms with Crippen LogP contribution in [0.1, 0.15) is 22.4 Å². The van der Waals surface area contributed by atoms with Crippen molar-refractivity contribution in [3.63, 3.8) is 0 Å². The molecular formula is C21H20F4N4O5S. The second-order valence-electron chi connectivity index (χ2n) is 6.97. The highest BCUT2D eigenvalue weighted by atomic mass is 32.2. The Kier molecular flexibility index (Phi) is 9.15. The zero-order chi connectivity index (χ0) is 26.2. The van der Waals surface area contributed by atoms with E-state index >= 15 is 0 Å². The third kappa shape index (κ3) is 8.54. The maximum atomic E-state index is 14.3. The van der Waals surface area contributed by atoms with Gasteiger partial charge in [0.15, 0.2) is 0 Å². The van der Waals surface area contributed by atoms with Gasteiger partial charge in [-0.3, -0.25) is 9.52 Å². The number of hydrogen-bond donors (Lipinski definition) is 2. The highest BCUT2D eigenvalue weighted by Crippen LogP contribution is 2.30. The lowest BCUT2D eigenvalue weighted by Gasteiger charge is -2.12. The summed E-state index contributed by atoms with van der Waals surface area (Å²) in [5.74, 6) is -2.05. The van der Waals surface area contributed by atoms with E-state index in [0.29, 0.717) is 0 Å². The van der Waals surface area contributed by atoms with Gasteiger partial charge >= 0.3 is 6.18 Å². The Hall–Kier alpha value is -3.70. The maximum Gasteiger partial charge on any atom is 0.433 e. The first kappa shape index (κ1) is 27.5. The summed E-state index contributed by atoms with van der Waals surface area (Å²) in [6, 6.07) is 5.64. The predicted molar refractivity (Wildman–Crippen MR) is 117 cm³/mol. The summed E-state index contributed by atoms with van der Waals surface area (Å²) in [6.07, 6.45) is -1.70. The number of benzene rings is 1.